The molecule has 3 aliphatic rings. The lowest BCUT2D eigenvalue weighted by Gasteiger charge is -2.36. The molecule has 32 heavy (non-hydrogen) atoms. The van der Waals surface area contributed by atoms with Gasteiger partial charge in [0.15, 0.2) is 0 Å². The minimum absolute atomic E-state index is 0.0812. The first-order valence-corrected chi connectivity index (χ1v) is 11.9. The second kappa shape index (κ2) is 8.08. The molecular weight excluding hydrogens is 430 g/mol. The minimum Gasteiger partial charge on any atom is -0.494 e. The van der Waals surface area contributed by atoms with Crippen LogP contribution in [-0.2, 0) is 9.53 Å². The third-order valence-corrected chi connectivity index (χ3v) is 8.40. The molecule has 4 heterocycles. The van der Waals surface area contributed by atoms with Gasteiger partial charge in [-0.1, -0.05) is 0 Å². The quantitative estimate of drug-likeness (QED) is 0.755. The highest BCUT2D eigenvalue weighted by Crippen LogP contribution is 2.51. The minimum atomic E-state index is -0.444. The second-order valence-corrected chi connectivity index (χ2v) is 9.89. The van der Waals surface area contributed by atoms with Gasteiger partial charge in [0, 0.05) is 33.2 Å². The van der Waals surface area contributed by atoms with Crippen molar-refractivity contribution in [2.45, 2.75) is 25.3 Å². The molecular formula is C22H29N5O4S. The Bertz CT molecular complexity index is 1040. The fourth-order valence-corrected chi connectivity index (χ4v) is 6.55. The Morgan fingerprint density at radius 3 is 2.62 bits per heavy atom. The van der Waals surface area contributed by atoms with Crippen LogP contribution in [0.1, 0.15) is 30.3 Å². The molecule has 3 saturated heterocycles. The highest BCUT2D eigenvalue weighted by molar-refractivity contribution is 7.19. The number of primary amides is 1. The number of piperidine rings is 1. The van der Waals surface area contributed by atoms with E-state index in [0.717, 1.165) is 39.8 Å². The average molecular weight is 460 g/mol. The van der Waals surface area contributed by atoms with E-state index < -0.39 is 11.4 Å². The van der Waals surface area contributed by atoms with Gasteiger partial charge in [-0.25, -0.2) is 9.78 Å². The number of anilines is 1. The van der Waals surface area contributed by atoms with Gasteiger partial charge in [-0.15, -0.1) is 11.3 Å². The number of benzene rings is 1. The zero-order chi connectivity index (χ0) is 22.5. The number of carbonyl (C=O) groups excluding carboxylic acids is 2. The number of thiazole rings is 1. The Labute approximate surface area is 191 Å². The molecule has 2 N–H and O–H groups in total. The van der Waals surface area contributed by atoms with Crippen molar-refractivity contribution in [2.24, 2.45) is 11.1 Å². The van der Waals surface area contributed by atoms with Gasteiger partial charge >= 0.3 is 6.03 Å². The summed E-state index contributed by atoms with van der Waals surface area (Å²) in [6.45, 7) is 4.16. The van der Waals surface area contributed by atoms with E-state index in [2.05, 4.69) is 11.0 Å². The Hall–Kier alpha value is -2.59. The average Bonchev–Trinajstić information content (AvgIpc) is 3.35. The lowest BCUT2D eigenvalue weighted by atomic mass is 9.76. The molecule has 1 aromatic heterocycles. The molecule has 3 aliphatic heterocycles. The van der Waals surface area contributed by atoms with Gasteiger partial charge in [-0.3, -0.25) is 4.79 Å². The molecule has 1 atom stereocenters. The maximum absolute atomic E-state index is 13.3. The number of hydrogen-bond acceptors (Lipinski definition) is 7. The van der Waals surface area contributed by atoms with E-state index in [1.165, 1.54) is 0 Å². The van der Waals surface area contributed by atoms with Crippen LogP contribution in [0, 0.1) is 5.41 Å². The van der Waals surface area contributed by atoms with Crippen LogP contribution in [0.2, 0.25) is 0 Å². The van der Waals surface area contributed by atoms with E-state index in [9.17, 15) is 9.59 Å². The summed E-state index contributed by atoms with van der Waals surface area (Å²) >= 11 is 1.65. The first-order chi connectivity index (χ1) is 15.4. The van der Waals surface area contributed by atoms with Crippen LogP contribution in [-0.4, -0.2) is 80.3 Å². The van der Waals surface area contributed by atoms with Crippen LogP contribution >= 0.6 is 11.3 Å². The van der Waals surface area contributed by atoms with E-state index in [1.807, 2.05) is 18.0 Å². The molecule has 10 heteroatoms. The normalized spacial score (nSPS) is 23.4. The molecule has 3 amide bonds. The summed E-state index contributed by atoms with van der Waals surface area (Å²) in [5, 5.41) is 0.934. The van der Waals surface area contributed by atoms with E-state index in [1.54, 1.807) is 23.3 Å². The first kappa shape index (κ1) is 21.3. The first-order valence-electron chi connectivity index (χ1n) is 11.1. The predicted molar refractivity (Wildman–Crippen MR) is 122 cm³/mol. The molecule has 5 rings (SSSR count). The summed E-state index contributed by atoms with van der Waals surface area (Å²) in [5.41, 5.74) is 6.99. The molecule has 2 aromatic rings. The van der Waals surface area contributed by atoms with Crippen LogP contribution in [0.4, 0.5) is 10.5 Å². The third-order valence-electron chi connectivity index (χ3n) is 7.22. The maximum Gasteiger partial charge on any atom is 0.314 e. The van der Waals surface area contributed by atoms with Crippen LogP contribution < -0.4 is 15.4 Å². The van der Waals surface area contributed by atoms with Gasteiger partial charge < -0.3 is 29.9 Å². The number of likely N-dealkylation sites (tertiary alicyclic amines) is 2. The van der Waals surface area contributed by atoms with Gasteiger partial charge in [0.25, 0.3) is 0 Å². The number of fused-ring (bicyclic) bond motifs is 1. The van der Waals surface area contributed by atoms with Crippen LogP contribution in [0.5, 0.6) is 5.75 Å². The molecule has 0 saturated carbocycles. The summed E-state index contributed by atoms with van der Waals surface area (Å²) in [7, 11) is 3.53. The number of aromatic nitrogens is 1. The number of rotatable bonds is 3. The Kier molecular flexibility index (Phi) is 5.37. The van der Waals surface area contributed by atoms with Gasteiger partial charge in [0.05, 0.1) is 42.2 Å². The highest BCUT2D eigenvalue weighted by atomic mass is 32.1. The van der Waals surface area contributed by atoms with Crippen molar-refractivity contribution in [1.82, 2.24) is 14.8 Å². The zero-order valence-corrected chi connectivity index (χ0v) is 19.3. The molecule has 3 fully saturated rings. The molecule has 1 unspecified atom stereocenters. The molecule has 1 spiro atoms. The summed E-state index contributed by atoms with van der Waals surface area (Å²) < 4.78 is 12.2. The Morgan fingerprint density at radius 2 is 1.97 bits per heavy atom. The van der Waals surface area contributed by atoms with Crippen molar-refractivity contribution < 1.29 is 19.1 Å². The van der Waals surface area contributed by atoms with E-state index in [4.69, 9.17) is 20.2 Å². The number of hydrogen-bond donors (Lipinski definition) is 1. The number of nitrogens with zero attached hydrogens (tertiary/aromatic N) is 4. The fraction of sp³-hybridized carbons (Fsp3) is 0.591. The standard InChI is InChI=1S/C22H29N5O4S/c1-25-15(13-22(20(25)28)5-7-27(8-6-22)21(23)29)19-24-17-16(30-2)4-3-14(18(17)32-19)26-9-11-31-12-10-26/h3-4,15H,5-13H2,1-2H3,(H2,23,29). The van der Waals surface area contributed by atoms with Crippen LogP contribution in [0.3, 0.4) is 0 Å². The van der Waals surface area contributed by atoms with Crippen molar-refractivity contribution in [3.05, 3.63) is 17.1 Å². The van der Waals surface area contributed by atoms with Gasteiger partial charge in [-0.05, 0) is 31.4 Å². The third kappa shape index (κ3) is 3.36. The van der Waals surface area contributed by atoms with E-state index in [-0.39, 0.29) is 11.9 Å². The molecule has 172 valence electrons. The van der Waals surface area contributed by atoms with E-state index in [0.29, 0.717) is 45.6 Å². The highest BCUT2D eigenvalue weighted by Gasteiger charge is 2.52. The monoisotopic (exact) mass is 459 g/mol. The van der Waals surface area contributed by atoms with E-state index >= 15 is 0 Å². The summed E-state index contributed by atoms with van der Waals surface area (Å²) in [6.07, 6.45) is 2.00. The summed E-state index contributed by atoms with van der Waals surface area (Å²) in [6, 6.07) is 3.58. The lowest BCUT2D eigenvalue weighted by molar-refractivity contribution is -0.137. The number of amides is 3. The Balaban J connectivity index is 1.48. The number of urea groups is 1. The second-order valence-electron chi connectivity index (χ2n) is 8.86. The number of nitrogens with two attached hydrogens (primary N) is 1. The van der Waals surface area contributed by atoms with Crippen molar-refractivity contribution in [2.75, 3.05) is 58.5 Å². The number of methoxy groups -OCH3 is 1. The van der Waals surface area contributed by atoms with Gasteiger partial charge in [-0.2, -0.15) is 0 Å². The van der Waals surface area contributed by atoms with Crippen molar-refractivity contribution in [1.29, 1.82) is 0 Å². The molecule has 0 bridgehead atoms. The smallest absolute Gasteiger partial charge is 0.314 e. The van der Waals surface area contributed by atoms with Gasteiger partial charge in [0.1, 0.15) is 16.3 Å². The number of morpholine rings is 1. The van der Waals surface area contributed by atoms with Crippen LogP contribution in [0.25, 0.3) is 10.2 Å². The van der Waals surface area contributed by atoms with Crippen LogP contribution in [0.15, 0.2) is 12.1 Å². The van der Waals surface area contributed by atoms with Crippen molar-refractivity contribution in [3.63, 3.8) is 0 Å². The SMILES string of the molecule is COc1ccc(N2CCOCC2)c2sc(C3CC4(CCN(C(N)=O)CC4)C(=O)N3C)nc12. The number of ether oxygens (including phenoxy) is 2. The number of carbonyl (C=O) groups is 2. The van der Waals surface area contributed by atoms with Gasteiger partial charge in [0.2, 0.25) is 5.91 Å². The molecule has 1 aromatic carbocycles. The molecule has 0 aliphatic carbocycles. The maximum atomic E-state index is 13.3. The topological polar surface area (TPSA) is 101 Å². The lowest BCUT2D eigenvalue weighted by Crippen LogP contribution is -2.47. The largest absolute Gasteiger partial charge is 0.494 e. The Morgan fingerprint density at radius 1 is 1.25 bits per heavy atom. The summed E-state index contributed by atoms with van der Waals surface area (Å²) in [5.74, 6) is 0.891. The molecule has 9 nitrogen and oxygen atoms in total. The molecule has 0 radical (unpaired) electrons. The predicted octanol–water partition coefficient (Wildman–Crippen LogP) is 2.21. The van der Waals surface area contributed by atoms with Crippen molar-refractivity contribution >= 4 is 39.2 Å². The zero-order valence-electron chi connectivity index (χ0n) is 18.5. The summed E-state index contributed by atoms with van der Waals surface area (Å²) in [4.78, 5) is 35.6. The van der Waals surface area contributed by atoms with Crippen molar-refractivity contribution in [3.8, 4) is 5.75 Å². The fourth-order valence-electron chi connectivity index (χ4n) is 5.28.